The minimum Gasteiger partial charge on any atom is -0.406 e. The molecule has 0 aromatic heterocycles. The summed E-state index contributed by atoms with van der Waals surface area (Å²) in [6, 6.07) is 5.05. The first-order chi connectivity index (χ1) is 12.8. The molecule has 3 rings (SSSR count). The van der Waals surface area contributed by atoms with E-state index in [9.17, 15) is 18.3 Å². The molecule has 1 aromatic carbocycles. The number of benzene rings is 1. The number of likely N-dealkylation sites (N-methyl/N-ethyl adjacent to an activating group) is 1. The van der Waals surface area contributed by atoms with Crippen LogP contribution in [0.4, 0.5) is 13.2 Å². The lowest BCUT2D eigenvalue weighted by atomic mass is 9.94. The second-order valence-corrected chi connectivity index (χ2v) is 6.68. The van der Waals surface area contributed by atoms with E-state index in [2.05, 4.69) is 15.0 Å². The maximum Gasteiger partial charge on any atom is 0.573 e. The number of hydrogen-bond acceptors (Lipinski definition) is 6. The van der Waals surface area contributed by atoms with Crippen LogP contribution in [-0.2, 0) is 16.0 Å². The summed E-state index contributed by atoms with van der Waals surface area (Å²) >= 11 is 0. The summed E-state index contributed by atoms with van der Waals surface area (Å²) in [5.41, 5.74) is 0.775. The molecule has 27 heavy (non-hydrogen) atoms. The number of nitrogens with one attached hydrogen (secondary N) is 1. The van der Waals surface area contributed by atoms with Crippen molar-refractivity contribution < 1.29 is 32.5 Å². The number of hydrogen-bond donors (Lipinski definition) is 2. The zero-order valence-corrected chi connectivity index (χ0v) is 15.3. The number of rotatable bonds is 7. The highest BCUT2D eigenvalue weighted by molar-refractivity contribution is 5.27. The highest BCUT2D eigenvalue weighted by Gasteiger charge is 2.51. The van der Waals surface area contributed by atoms with Crippen molar-refractivity contribution in [2.45, 2.75) is 57.3 Å². The molecule has 2 N–H and O–H groups in total. The van der Waals surface area contributed by atoms with E-state index in [1.54, 1.807) is 12.1 Å². The summed E-state index contributed by atoms with van der Waals surface area (Å²) in [5, 5.41) is 14.2. The maximum absolute atomic E-state index is 12.2. The predicted octanol–water partition coefficient (Wildman–Crippen LogP) is 1.87. The van der Waals surface area contributed by atoms with Crippen LogP contribution in [0.5, 0.6) is 5.75 Å². The fourth-order valence-corrected chi connectivity index (χ4v) is 3.73. The van der Waals surface area contributed by atoms with Crippen molar-refractivity contribution in [3.63, 3.8) is 0 Å². The SMILES string of the molecule is CCN(CC)C1C2OCC(O2)C(NCc2ccc(OC(F)(F)F)cc2)C1O. The van der Waals surface area contributed by atoms with Crippen LogP contribution in [0.2, 0.25) is 0 Å². The van der Waals surface area contributed by atoms with Gasteiger partial charge in [-0.3, -0.25) is 4.90 Å². The molecular weight excluding hydrogens is 365 g/mol. The Morgan fingerprint density at radius 3 is 2.48 bits per heavy atom. The second-order valence-electron chi connectivity index (χ2n) is 6.68. The van der Waals surface area contributed by atoms with Gasteiger partial charge in [-0.05, 0) is 30.8 Å². The first-order valence-corrected chi connectivity index (χ1v) is 9.09. The molecule has 2 bridgehead atoms. The van der Waals surface area contributed by atoms with Crippen molar-refractivity contribution in [3.05, 3.63) is 29.8 Å². The molecule has 152 valence electrons. The molecule has 1 aromatic rings. The van der Waals surface area contributed by atoms with E-state index in [1.165, 1.54) is 12.1 Å². The van der Waals surface area contributed by atoms with Gasteiger partial charge in [-0.25, -0.2) is 0 Å². The molecule has 2 heterocycles. The van der Waals surface area contributed by atoms with Crippen LogP contribution < -0.4 is 10.1 Å². The van der Waals surface area contributed by atoms with E-state index in [-0.39, 0.29) is 23.9 Å². The lowest BCUT2D eigenvalue weighted by molar-refractivity contribution is -0.274. The smallest absolute Gasteiger partial charge is 0.406 e. The number of aliphatic hydroxyl groups is 1. The highest BCUT2D eigenvalue weighted by Crippen LogP contribution is 2.31. The standard InChI is InChI=1S/C18H25F3N2O4/c1-3-23(4-2)15-16(24)14(13-10-25-17(15)26-13)22-9-11-5-7-12(8-6-11)27-18(19,20)21/h5-8,13-17,22,24H,3-4,9-10H2,1-2H3. The van der Waals surface area contributed by atoms with Crippen LogP contribution >= 0.6 is 0 Å². The van der Waals surface area contributed by atoms with Gasteiger partial charge in [0, 0.05) is 6.54 Å². The Labute approximate surface area is 156 Å². The molecule has 2 saturated heterocycles. The summed E-state index contributed by atoms with van der Waals surface area (Å²) in [6.45, 7) is 6.34. The maximum atomic E-state index is 12.2. The van der Waals surface area contributed by atoms with Crippen molar-refractivity contribution in [2.24, 2.45) is 0 Å². The zero-order chi connectivity index (χ0) is 19.6. The van der Waals surface area contributed by atoms with Crippen LogP contribution in [0.3, 0.4) is 0 Å². The summed E-state index contributed by atoms with van der Waals surface area (Å²) in [4.78, 5) is 2.11. The number of alkyl halides is 3. The third-order valence-electron chi connectivity index (χ3n) is 5.06. The number of ether oxygens (including phenoxy) is 3. The number of halogens is 3. The normalized spacial score (nSPS) is 30.7. The molecule has 0 saturated carbocycles. The Bertz CT molecular complexity index is 608. The molecule has 2 aliphatic rings. The Morgan fingerprint density at radius 1 is 1.22 bits per heavy atom. The minimum absolute atomic E-state index is 0.260. The number of fused-ring (bicyclic) bond motifs is 2. The first-order valence-electron chi connectivity index (χ1n) is 9.09. The van der Waals surface area contributed by atoms with Gasteiger partial charge in [0.2, 0.25) is 0 Å². The first kappa shape index (κ1) is 20.3. The third-order valence-corrected chi connectivity index (χ3v) is 5.06. The zero-order valence-electron chi connectivity index (χ0n) is 15.3. The van der Waals surface area contributed by atoms with Crippen molar-refractivity contribution in [2.75, 3.05) is 19.7 Å². The molecule has 9 heteroatoms. The summed E-state index contributed by atoms with van der Waals surface area (Å²) in [7, 11) is 0. The van der Waals surface area contributed by atoms with Gasteiger partial charge in [-0.1, -0.05) is 26.0 Å². The van der Waals surface area contributed by atoms with E-state index < -0.39 is 18.8 Å². The van der Waals surface area contributed by atoms with Gasteiger partial charge in [-0.15, -0.1) is 13.2 Å². The lowest BCUT2D eigenvalue weighted by Crippen LogP contribution is -2.64. The van der Waals surface area contributed by atoms with Gasteiger partial charge in [-0.2, -0.15) is 0 Å². The minimum atomic E-state index is -4.71. The number of aliphatic hydroxyl groups excluding tert-OH is 1. The highest BCUT2D eigenvalue weighted by atomic mass is 19.4. The molecule has 0 aliphatic carbocycles. The molecule has 6 nitrogen and oxygen atoms in total. The Balaban J connectivity index is 1.63. The van der Waals surface area contributed by atoms with Gasteiger partial charge in [0.15, 0.2) is 6.29 Å². The van der Waals surface area contributed by atoms with Gasteiger partial charge in [0.05, 0.1) is 24.8 Å². The van der Waals surface area contributed by atoms with Crippen molar-refractivity contribution in [1.82, 2.24) is 10.2 Å². The Kier molecular flexibility index (Phi) is 6.27. The molecule has 0 radical (unpaired) electrons. The largest absolute Gasteiger partial charge is 0.573 e. The van der Waals surface area contributed by atoms with Crippen LogP contribution in [0.15, 0.2) is 24.3 Å². The average molecular weight is 390 g/mol. The van der Waals surface area contributed by atoms with Crippen molar-refractivity contribution in [3.8, 4) is 5.75 Å². The molecular formula is C18H25F3N2O4. The molecule has 2 fully saturated rings. The third kappa shape index (κ3) is 4.72. The van der Waals surface area contributed by atoms with E-state index in [0.717, 1.165) is 18.7 Å². The molecule has 5 atom stereocenters. The Morgan fingerprint density at radius 2 is 1.89 bits per heavy atom. The summed E-state index contributed by atoms with van der Waals surface area (Å²) < 4.78 is 52.2. The van der Waals surface area contributed by atoms with E-state index in [4.69, 9.17) is 9.47 Å². The number of nitrogens with zero attached hydrogens (tertiary/aromatic N) is 1. The topological polar surface area (TPSA) is 63.2 Å². The van der Waals surface area contributed by atoms with Crippen molar-refractivity contribution >= 4 is 0 Å². The van der Waals surface area contributed by atoms with Crippen LogP contribution in [-0.4, -0.2) is 66.6 Å². The monoisotopic (exact) mass is 390 g/mol. The summed E-state index contributed by atoms with van der Waals surface area (Å²) in [6.07, 6.45) is -6.09. The fourth-order valence-electron chi connectivity index (χ4n) is 3.73. The van der Waals surface area contributed by atoms with Gasteiger partial charge < -0.3 is 24.6 Å². The Hall–Kier alpha value is -1.39. The molecule has 5 unspecified atom stereocenters. The van der Waals surface area contributed by atoms with E-state index in [1.807, 2.05) is 13.8 Å². The quantitative estimate of drug-likeness (QED) is 0.741. The van der Waals surface area contributed by atoms with Crippen LogP contribution in [0.1, 0.15) is 19.4 Å². The van der Waals surface area contributed by atoms with Gasteiger partial charge in [0.25, 0.3) is 0 Å². The molecule has 2 aliphatic heterocycles. The van der Waals surface area contributed by atoms with Gasteiger partial charge in [0.1, 0.15) is 11.9 Å². The van der Waals surface area contributed by atoms with E-state index in [0.29, 0.717) is 13.2 Å². The van der Waals surface area contributed by atoms with Crippen molar-refractivity contribution in [1.29, 1.82) is 0 Å². The van der Waals surface area contributed by atoms with E-state index >= 15 is 0 Å². The summed E-state index contributed by atoms with van der Waals surface area (Å²) in [5.74, 6) is -0.263. The molecule has 0 spiro atoms. The average Bonchev–Trinajstić information content (AvgIpc) is 3.04. The van der Waals surface area contributed by atoms with Crippen LogP contribution in [0, 0.1) is 0 Å². The fraction of sp³-hybridized carbons (Fsp3) is 0.667. The second kappa shape index (κ2) is 8.32. The molecule has 0 amide bonds. The predicted molar refractivity (Wildman–Crippen MR) is 91.1 cm³/mol. The lowest BCUT2D eigenvalue weighted by Gasteiger charge is -2.43. The van der Waals surface area contributed by atoms with Crippen LogP contribution in [0.25, 0.3) is 0 Å². The van der Waals surface area contributed by atoms with Gasteiger partial charge >= 0.3 is 6.36 Å².